The van der Waals surface area contributed by atoms with Crippen molar-refractivity contribution in [2.45, 2.75) is 20.3 Å². The number of ether oxygens (including phenoxy) is 2. The van der Waals surface area contributed by atoms with Gasteiger partial charge in [-0.25, -0.2) is 0 Å². The molecule has 0 aliphatic heterocycles. The molecule has 4 heteroatoms. The molecule has 0 saturated heterocycles. The highest BCUT2D eigenvalue weighted by Gasteiger charge is 2.11. The summed E-state index contributed by atoms with van der Waals surface area (Å²) in [5.41, 5.74) is 2.16. The number of halogens is 1. The third kappa shape index (κ3) is 4.44. The van der Waals surface area contributed by atoms with Crippen molar-refractivity contribution in [1.82, 2.24) is 5.32 Å². The van der Waals surface area contributed by atoms with E-state index in [-0.39, 0.29) is 0 Å². The lowest BCUT2D eigenvalue weighted by Crippen LogP contribution is -2.16. The maximum absolute atomic E-state index is 6.33. The van der Waals surface area contributed by atoms with Crippen molar-refractivity contribution in [2.75, 3.05) is 27.3 Å². The van der Waals surface area contributed by atoms with Crippen LogP contribution in [0.1, 0.15) is 25.8 Å². The van der Waals surface area contributed by atoms with E-state index in [1.807, 2.05) is 12.1 Å². The van der Waals surface area contributed by atoms with E-state index in [4.69, 9.17) is 21.1 Å². The van der Waals surface area contributed by atoms with E-state index in [1.165, 1.54) is 5.57 Å². The van der Waals surface area contributed by atoms with Crippen LogP contribution in [-0.4, -0.2) is 27.3 Å². The Morgan fingerprint density at radius 2 is 2.05 bits per heavy atom. The van der Waals surface area contributed by atoms with Gasteiger partial charge >= 0.3 is 0 Å². The molecule has 1 aromatic carbocycles. The predicted octanol–water partition coefficient (Wildman–Crippen LogP) is 3.76. The summed E-state index contributed by atoms with van der Waals surface area (Å²) in [5.74, 6) is 1.22. The molecule has 0 radical (unpaired) electrons. The smallest absolute Gasteiger partial charge is 0.179 e. The molecule has 1 aromatic rings. The molecular formula is C15H22ClNO2. The standard InChI is InChI=1S/C15H22ClNO2/c1-5-8-17-10-11(2)9-12-6-7-13(18-3)15(19-4)14(12)16/h6-7,9,17H,5,8,10H2,1-4H3. The number of methoxy groups -OCH3 is 2. The Kier molecular flexibility index (Phi) is 6.74. The van der Waals surface area contributed by atoms with Crippen LogP contribution in [0.3, 0.4) is 0 Å². The molecular weight excluding hydrogens is 262 g/mol. The summed E-state index contributed by atoms with van der Waals surface area (Å²) in [5, 5.41) is 3.94. The van der Waals surface area contributed by atoms with E-state index in [9.17, 15) is 0 Å². The molecule has 0 saturated carbocycles. The quantitative estimate of drug-likeness (QED) is 0.773. The monoisotopic (exact) mass is 283 g/mol. The Bertz CT molecular complexity index is 444. The molecule has 0 bridgehead atoms. The lowest BCUT2D eigenvalue weighted by atomic mass is 10.1. The molecule has 19 heavy (non-hydrogen) atoms. The first-order valence-electron chi connectivity index (χ1n) is 6.42. The average molecular weight is 284 g/mol. The third-order valence-electron chi connectivity index (χ3n) is 2.75. The second-order valence-corrected chi connectivity index (χ2v) is 4.75. The number of benzene rings is 1. The van der Waals surface area contributed by atoms with Crippen LogP contribution in [0.4, 0.5) is 0 Å². The molecule has 106 valence electrons. The van der Waals surface area contributed by atoms with Crippen LogP contribution < -0.4 is 14.8 Å². The largest absolute Gasteiger partial charge is 0.493 e. The van der Waals surface area contributed by atoms with Gasteiger partial charge < -0.3 is 14.8 Å². The van der Waals surface area contributed by atoms with E-state index in [1.54, 1.807) is 14.2 Å². The van der Waals surface area contributed by atoms with Crippen LogP contribution in [-0.2, 0) is 0 Å². The van der Waals surface area contributed by atoms with Gasteiger partial charge in [0.05, 0.1) is 19.2 Å². The fourth-order valence-corrected chi connectivity index (χ4v) is 2.08. The van der Waals surface area contributed by atoms with Crippen LogP contribution in [0.15, 0.2) is 17.7 Å². The van der Waals surface area contributed by atoms with Gasteiger partial charge in [0.2, 0.25) is 0 Å². The Hall–Kier alpha value is -1.19. The molecule has 0 amide bonds. The van der Waals surface area contributed by atoms with E-state index in [0.717, 1.165) is 25.1 Å². The summed E-state index contributed by atoms with van der Waals surface area (Å²) >= 11 is 6.33. The molecule has 1 rings (SSSR count). The maximum atomic E-state index is 6.33. The molecule has 0 fully saturated rings. The number of hydrogen-bond acceptors (Lipinski definition) is 3. The first-order valence-corrected chi connectivity index (χ1v) is 6.80. The van der Waals surface area contributed by atoms with Gasteiger partial charge in [0.15, 0.2) is 11.5 Å². The van der Waals surface area contributed by atoms with Crippen molar-refractivity contribution in [1.29, 1.82) is 0 Å². The Morgan fingerprint density at radius 3 is 2.63 bits per heavy atom. The maximum Gasteiger partial charge on any atom is 0.179 e. The van der Waals surface area contributed by atoms with E-state index in [2.05, 4.69) is 25.2 Å². The topological polar surface area (TPSA) is 30.5 Å². The first kappa shape index (κ1) is 15.9. The minimum atomic E-state index is 0.576. The Morgan fingerprint density at radius 1 is 1.32 bits per heavy atom. The molecule has 0 unspecified atom stereocenters. The van der Waals surface area contributed by atoms with Gasteiger partial charge in [-0.3, -0.25) is 0 Å². The van der Waals surface area contributed by atoms with Gasteiger partial charge in [0.25, 0.3) is 0 Å². The highest BCUT2D eigenvalue weighted by atomic mass is 35.5. The number of nitrogens with one attached hydrogen (secondary N) is 1. The Labute approximate surface area is 120 Å². The van der Waals surface area contributed by atoms with Gasteiger partial charge in [0, 0.05) is 6.54 Å². The first-order chi connectivity index (χ1) is 9.13. The molecule has 0 spiro atoms. The van der Waals surface area contributed by atoms with Gasteiger partial charge in [-0.2, -0.15) is 0 Å². The van der Waals surface area contributed by atoms with Crippen molar-refractivity contribution in [3.05, 3.63) is 28.3 Å². The minimum Gasteiger partial charge on any atom is -0.493 e. The lowest BCUT2D eigenvalue weighted by Gasteiger charge is -2.11. The zero-order chi connectivity index (χ0) is 14.3. The van der Waals surface area contributed by atoms with Gasteiger partial charge in [-0.05, 0) is 37.6 Å². The average Bonchev–Trinajstić information content (AvgIpc) is 2.41. The van der Waals surface area contributed by atoms with Gasteiger partial charge in [-0.1, -0.05) is 30.2 Å². The SMILES string of the molecule is CCCNCC(C)=Cc1ccc(OC)c(OC)c1Cl. The molecule has 0 aliphatic carbocycles. The zero-order valence-electron chi connectivity index (χ0n) is 12.0. The highest BCUT2D eigenvalue weighted by Crippen LogP contribution is 2.38. The van der Waals surface area contributed by atoms with Crippen LogP contribution in [0, 0.1) is 0 Å². The number of hydrogen-bond donors (Lipinski definition) is 1. The second-order valence-electron chi connectivity index (χ2n) is 4.37. The second kappa shape index (κ2) is 8.08. The van der Waals surface area contributed by atoms with Gasteiger partial charge in [-0.15, -0.1) is 0 Å². The van der Waals surface area contributed by atoms with E-state index < -0.39 is 0 Å². The minimum absolute atomic E-state index is 0.576. The lowest BCUT2D eigenvalue weighted by molar-refractivity contribution is 0.355. The molecule has 0 heterocycles. The van der Waals surface area contributed by atoms with Crippen molar-refractivity contribution in [2.24, 2.45) is 0 Å². The van der Waals surface area contributed by atoms with Crippen molar-refractivity contribution >= 4 is 17.7 Å². The third-order valence-corrected chi connectivity index (χ3v) is 3.14. The summed E-state index contributed by atoms with van der Waals surface area (Å²) in [6.07, 6.45) is 3.19. The summed E-state index contributed by atoms with van der Waals surface area (Å²) in [6.45, 7) is 6.11. The zero-order valence-corrected chi connectivity index (χ0v) is 12.8. The fourth-order valence-electron chi connectivity index (χ4n) is 1.79. The summed E-state index contributed by atoms with van der Waals surface area (Å²) in [6, 6.07) is 3.80. The van der Waals surface area contributed by atoms with E-state index >= 15 is 0 Å². The van der Waals surface area contributed by atoms with Crippen LogP contribution in [0.25, 0.3) is 6.08 Å². The van der Waals surface area contributed by atoms with Crippen LogP contribution in [0.5, 0.6) is 11.5 Å². The molecule has 0 aliphatic rings. The van der Waals surface area contributed by atoms with Crippen LogP contribution >= 0.6 is 11.6 Å². The fraction of sp³-hybridized carbons (Fsp3) is 0.467. The summed E-state index contributed by atoms with van der Waals surface area (Å²) < 4.78 is 10.5. The highest BCUT2D eigenvalue weighted by molar-refractivity contribution is 6.33. The number of rotatable bonds is 7. The summed E-state index contributed by atoms with van der Waals surface area (Å²) in [4.78, 5) is 0. The predicted molar refractivity (Wildman–Crippen MR) is 81.4 cm³/mol. The molecule has 0 atom stereocenters. The molecule has 0 aromatic heterocycles. The van der Waals surface area contributed by atoms with E-state index in [0.29, 0.717) is 16.5 Å². The normalized spacial score (nSPS) is 11.5. The van der Waals surface area contributed by atoms with Gasteiger partial charge in [0.1, 0.15) is 0 Å². The van der Waals surface area contributed by atoms with Crippen molar-refractivity contribution in [3.8, 4) is 11.5 Å². The van der Waals surface area contributed by atoms with Crippen molar-refractivity contribution < 1.29 is 9.47 Å². The summed E-state index contributed by atoms with van der Waals surface area (Å²) in [7, 11) is 3.19. The Balaban J connectivity index is 2.92. The molecule has 3 nitrogen and oxygen atoms in total. The molecule has 1 N–H and O–H groups in total. The van der Waals surface area contributed by atoms with Crippen molar-refractivity contribution in [3.63, 3.8) is 0 Å². The van der Waals surface area contributed by atoms with Crippen LogP contribution in [0.2, 0.25) is 5.02 Å².